The molecule has 0 bridgehead atoms. The number of ether oxygens (including phenoxy) is 1. The summed E-state index contributed by atoms with van der Waals surface area (Å²) in [5.41, 5.74) is 1.11. The molecule has 0 unspecified atom stereocenters. The van der Waals surface area contributed by atoms with Crippen molar-refractivity contribution in [3.63, 3.8) is 0 Å². The highest BCUT2D eigenvalue weighted by Crippen LogP contribution is 2.14. The minimum atomic E-state index is -0.141. The molecule has 2 heterocycles. The van der Waals surface area contributed by atoms with Gasteiger partial charge in [-0.3, -0.25) is 9.69 Å². The number of anilines is 1. The fourth-order valence-electron chi connectivity index (χ4n) is 2.50. The van der Waals surface area contributed by atoms with Gasteiger partial charge in [-0.2, -0.15) is 0 Å². The third-order valence-electron chi connectivity index (χ3n) is 3.77. The molecule has 6 heteroatoms. The van der Waals surface area contributed by atoms with Crippen molar-refractivity contribution < 1.29 is 9.53 Å². The molecule has 1 aliphatic rings. The van der Waals surface area contributed by atoms with Gasteiger partial charge < -0.3 is 9.64 Å². The zero-order valence-electron chi connectivity index (χ0n) is 12.9. The van der Waals surface area contributed by atoms with Gasteiger partial charge >= 0.3 is 5.97 Å². The third kappa shape index (κ3) is 4.67. The average Bonchev–Trinajstić information content (AvgIpc) is 2.53. The Morgan fingerprint density at radius 1 is 1.29 bits per heavy atom. The maximum atomic E-state index is 11.2. The van der Waals surface area contributed by atoms with Crippen LogP contribution in [0.15, 0.2) is 12.4 Å². The Labute approximate surface area is 126 Å². The largest absolute Gasteiger partial charge is 0.469 e. The number of aryl methyl sites for hydroxylation is 1. The van der Waals surface area contributed by atoms with E-state index in [0.29, 0.717) is 6.42 Å². The maximum absolute atomic E-state index is 11.2. The summed E-state index contributed by atoms with van der Waals surface area (Å²) >= 11 is 0. The van der Waals surface area contributed by atoms with Crippen molar-refractivity contribution in [2.75, 3.05) is 44.7 Å². The summed E-state index contributed by atoms with van der Waals surface area (Å²) in [5.74, 6) is 0.874. The van der Waals surface area contributed by atoms with Crippen LogP contribution in [0.3, 0.4) is 0 Å². The van der Waals surface area contributed by atoms with Crippen molar-refractivity contribution in [3.8, 4) is 0 Å². The molecule has 0 N–H and O–H groups in total. The molecule has 1 fully saturated rings. The molecule has 1 aromatic heterocycles. The number of methoxy groups -OCH3 is 1. The average molecular weight is 292 g/mol. The minimum Gasteiger partial charge on any atom is -0.469 e. The van der Waals surface area contributed by atoms with E-state index in [9.17, 15) is 4.79 Å². The Morgan fingerprint density at radius 3 is 2.71 bits per heavy atom. The minimum absolute atomic E-state index is 0.141. The van der Waals surface area contributed by atoms with E-state index in [1.807, 2.05) is 0 Å². The molecule has 0 atom stereocenters. The molecule has 6 nitrogen and oxygen atoms in total. The van der Waals surface area contributed by atoms with Gasteiger partial charge in [-0.15, -0.1) is 0 Å². The first-order valence-corrected chi connectivity index (χ1v) is 7.58. The Hall–Kier alpha value is -1.69. The lowest BCUT2D eigenvalue weighted by molar-refractivity contribution is -0.141. The van der Waals surface area contributed by atoms with E-state index in [-0.39, 0.29) is 5.97 Å². The predicted octanol–water partition coefficient (Wildman–Crippen LogP) is 1.11. The predicted molar refractivity (Wildman–Crippen MR) is 81.3 cm³/mol. The standard InChI is InChI=1S/C15H24N4O2/c1-3-4-13-11-14(17-12-16-13)19-9-7-18(8-10-19)6-5-15(20)21-2/h11-12H,3-10H2,1-2H3. The SMILES string of the molecule is CCCc1cc(N2CCN(CCC(=O)OC)CC2)ncn1. The van der Waals surface area contributed by atoms with Crippen molar-refractivity contribution in [1.29, 1.82) is 0 Å². The second-order valence-corrected chi connectivity index (χ2v) is 5.27. The molecule has 116 valence electrons. The second-order valence-electron chi connectivity index (χ2n) is 5.27. The zero-order valence-corrected chi connectivity index (χ0v) is 12.9. The first kappa shape index (κ1) is 15.7. The van der Waals surface area contributed by atoms with E-state index in [2.05, 4.69) is 37.5 Å². The Kier molecular flexibility index (Phi) is 5.92. The molecule has 1 aromatic rings. The van der Waals surface area contributed by atoms with Gasteiger partial charge in [0.1, 0.15) is 12.1 Å². The van der Waals surface area contributed by atoms with Crippen LogP contribution in [0, 0.1) is 0 Å². The summed E-state index contributed by atoms with van der Waals surface area (Å²) in [6.45, 7) is 6.69. The topological polar surface area (TPSA) is 58.6 Å². The summed E-state index contributed by atoms with van der Waals surface area (Å²) < 4.78 is 4.67. The van der Waals surface area contributed by atoms with Gasteiger partial charge in [-0.05, 0) is 6.42 Å². The molecular weight excluding hydrogens is 268 g/mol. The molecule has 0 spiro atoms. The van der Waals surface area contributed by atoms with E-state index >= 15 is 0 Å². The molecule has 1 saturated heterocycles. The summed E-state index contributed by atoms with van der Waals surface area (Å²) in [4.78, 5) is 24.4. The number of nitrogens with zero attached hydrogens (tertiary/aromatic N) is 4. The van der Waals surface area contributed by atoms with Crippen LogP contribution in [0.2, 0.25) is 0 Å². The highest BCUT2D eigenvalue weighted by atomic mass is 16.5. The van der Waals surface area contributed by atoms with Crippen LogP contribution >= 0.6 is 0 Å². The van der Waals surface area contributed by atoms with Gasteiger partial charge in [0.2, 0.25) is 0 Å². The van der Waals surface area contributed by atoms with E-state index in [0.717, 1.165) is 57.1 Å². The number of rotatable bonds is 6. The van der Waals surface area contributed by atoms with Crippen LogP contribution < -0.4 is 4.90 Å². The summed E-state index contributed by atoms with van der Waals surface area (Å²) in [5, 5.41) is 0. The molecule has 2 rings (SSSR count). The maximum Gasteiger partial charge on any atom is 0.306 e. The number of carbonyl (C=O) groups is 1. The van der Waals surface area contributed by atoms with E-state index in [1.54, 1.807) is 6.33 Å². The van der Waals surface area contributed by atoms with Crippen LogP contribution in [0.5, 0.6) is 0 Å². The van der Waals surface area contributed by atoms with Crippen molar-refractivity contribution in [2.24, 2.45) is 0 Å². The van der Waals surface area contributed by atoms with Crippen LogP contribution in [-0.4, -0.2) is 60.7 Å². The van der Waals surface area contributed by atoms with Crippen LogP contribution in [0.1, 0.15) is 25.5 Å². The first-order chi connectivity index (χ1) is 10.2. The molecule has 21 heavy (non-hydrogen) atoms. The van der Waals surface area contributed by atoms with Gasteiger partial charge in [0.25, 0.3) is 0 Å². The fourth-order valence-corrected chi connectivity index (χ4v) is 2.50. The Morgan fingerprint density at radius 2 is 2.05 bits per heavy atom. The molecule has 0 amide bonds. The lowest BCUT2D eigenvalue weighted by Crippen LogP contribution is -2.47. The number of carbonyl (C=O) groups excluding carboxylic acids is 1. The highest BCUT2D eigenvalue weighted by molar-refractivity contribution is 5.69. The second kappa shape index (κ2) is 7.93. The molecular formula is C15H24N4O2. The third-order valence-corrected chi connectivity index (χ3v) is 3.77. The zero-order chi connectivity index (χ0) is 15.1. The summed E-state index contributed by atoms with van der Waals surface area (Å²) in [6, 6.07) is 2.09. The molecule has 0 aromatic carbocycles. The normalized spacial score (nSPS) is 16.0. The van der Waals surface area contributed by atoms with E-state index < -0.39 is 0 Å². The fraction of sp³-hybridized carbons (Fsp3) is 0.667. The molecule has 1 aliphatic heterocycles. The number of piperazine rings is 1. The molecule has 0 aliphatic carbocycles. The van der Waals surface area contributed by atoms with E-state index in [4.69, 9.17) is 0 Å². The van der Waals surface area contributed by atoms with E-state index in [1.165, 1.54) is 7.11 Å². The quantitative estimate of drug-likeness (QED) is 0.732. The number of hydrogen-bond donors (Lipinski definition) is 0. The van der Waals surface area contributed by atoms with Crippen LogP contribution in [0.4, 0.5) is 5.82 Å². The molecule has 0 saturated carbocycles. The highest BCUT2D eigenvalue weighted by Gasteiger charge is 2.18. The monoisotopic (exact) mass is 292 g/mol. The Balaban J connectivity index is 1.83. The van der Waals surface area contributed by atoms with Crippen molar-refractivity contribution in [2.45, 2.75) is 26.2 Å². The first-order valence-electron chi connectivity index (χ1n) is 7.58. The number of aromatic nitrogens is 2. The number of hydrogen-bond acceptors (Lipinski definition) is 6. The van der Waals surface area contributed by atoms with Gasteiger partial charge in [0.05, 0.1) is 13.5 Å². The smallest absolute Gasteiger partial charge is 0.306 e. The number of esters is 1. The van der Waals surface area contributed by atoms with Gasteiger partial charge in [-0.1, -0.05) is 13.3 Å². The van der Waals surface area contributed by atoms with Gasteiger partial charge in [0, 0.05) is 44.5 Å². The lowest BCUT2D eigenvalue weighted by Gasteiger charge is -2.35. The van der Waals surface area contributed by atoms with Crippen LogP contribution in [-0.2, 0) is 16.0 Å². The summed E-state index contributed by atoms with van der Waals surface area (Å²) in [7, 11) is 1.43. The van der Waals surface area contributed by atoms with Crippen molar-refractivity contribution >= 4 is 11.8 Å². The summed E-state index contributed by atoms with van der Waals surface area (Å²) in [6.07, 6.45) is 4.21. The van der Waals surface area contributed by atoms with Crippen molar-refractivity contribution in [3.05, 3.63) is 18.1 Å². The van der Waals surface area contributed by atoms with Gasteiger partial charge in [0.15, 0.2) is 0 Å². The van der Waals surface area contributed by atoms with Gasteiger partial charge in [-0.25, -0.2) is 9.97 Å². The van der Waals surface area contributed by atoms with Crippen LogP contribution in [0.25, 0.3) is 0 Å². The van der Waals surface area contributed by atoms with Crippen molar-refractivity contribution in [1.82, 2.24) is 14.9 Å². The lowest BCUT2D eigenvalue weighted by atomic mass is 10.2. The Bertz CT molecular complexity index is 459. The molecule has 0 radical (unpaired) electrons.